The second-order valence-corrected chi connectivity index (χ2v) is 6.42. The van der Waals surface area contributed by atoms with Crippen LogP contribution < -0.4 is 10.9 Å². The molecule has 28 heavy (non-hydrogen) atoms. The lowest BCUT2D eigenvalue weighted by Gasteiger charge is -2.15. The summed E-state index contributed by atoms with van der Waals surface area (Å²) < 4.78 is 14.6. The summed E-state index contributed by atoms with van der Waals surface area (Å²) in [7, 11) is 0. The highest BCUT2D eigenvalue weighted by Crippen LogP contribution is 2.26. The van der Waals surface area contributed by atoms with Gasteiger partial charge in [-0.2, -0.15) is 0 Å². The lowest BCUT2D eigenvalue weighted by Crippen LogP contribution is -2.30. The highest BCUT2D eigenvalue weighted by atomic mass is 35.5. The lowest BCUT2D eigenvalue weighted by atomic mass is 10.1. The van der Waals surface area contributed by atoms with Crippen molar-refractivity contribution in [3.05, 3.63) is 81.5 Å². The van der Waals surface area contributed by atoms with Gasteiger partial charge in [-0.25, -0.2) is 9.37 Å². The van der Waals surface area contributed by atoms with Crippen LogP contribution in [-0.2, 0) is 17.8 Å². The summed E-state index contributed by atoms with van der Waals surface area (Å²) in [5.74, 6) is -1.81. The molecule has 3 aromatic rings. The summed E-state index contributed by atoms with van der Waals surface area (Å²) in [6.07, 6.45) is 0.643. The van der Waals surface area contributed by atoms with E-state index in [1.807, 2.05) is 30.3 Å². The van der Waals surface area contributed by atoms with Crippen LogP contribution in [0.5, 0.6) is 0 Å². The van der Waals surface area contributed by atoms with Crippen molar-refractivity contribution in [2.75, 3.05) is 11.9 Å². The van der Waals surface area contributed by atoms with E-state index in [0.717, 1.165) is 10.1 Å². The summed E-state index contributed by atoms with van der Waals surface area (Å²) in [4.78, 5) is 28.2. The molecule has 0 fully saturated rings. The van der Waals surface area contributed by atoms with Crippen LogP contribution in [0.4, 0.5) is 10.2 Å². The molecule has 0 unspecified atom stereocenters. The zero-order chi connectivity index (χ0) is 20.1. The minimum atomic E-state index is -1.22. The van der Waals surface area contributed by atoms with Crippen molar-refractivity contribution in [3.8, 4) is 11.3 Å². The fourth-order valence-corrected chi connectivity index (χ4v) is 3.12. The topological polar surface area (TPSA) is 84.2 Å². The van der Waals surface area contributed by atoms with Crippen molar-refractivity contribution in [1.82, 2.24) is 9.55 Å². The molecular formula is C20H17ClFN3O3. The number of carboxylic acid groups (broad SMARTS) is 1. The number of nitrogens with zero attached hydrogens (tertiary/aromatic N) is 2. The second kappa shape index (κ2) is 8.67. The number of hydrogen-bond donors (Lipinski definition) is 2. The zero-order valence-electron chi connectivity index (χ0n) is 14.7. The largest absolute Gasteiger partial charge is 0.480 e. The van der Waals surface area contributed by atoms with Gasteiger partial charge < -0.3 is 10.4 Å². The van der Waals surface area contributed by atoms with Crippen LogP contribution in [0, 0.1) is 5.82 Å². The molecular weight excluding hydrogens is 385 g/mol. The molecule has 0 saturated heterocycles. The van der Waals surface area contributed by atoms with E-state index >= 15 is 0 Å². The smallest absolute Gasteiger partial charge is 0.323 e. The van der Waals surface area contributed by atoms with Crippen molar-refractivity contribution >= 4 is 23.4 Å². The quantitative estimate of drug-likeness (QED) is 0.633. The molecule has 6 nitrogen and oxygen atoms in total. The Kier molecular flexibility index (Phi) is 6.06. The average Bonchev–Trinajstić information content (AvgIpc) is 2.66. The number of aromatic nitrogens is 2. The van der Waals surface area contributed by atoms with Crippen LogP contribution in [-0.4, -0.2) is 27.2 Å². The van der Waals surface area contributed by atoms with Gasteiger partial charge in [0.25, 0.3) is 5.56 Å². The van der Waals surface area contributed by atoms with E-state index in [2.05, 4.69) is 10.3 Å². The number of halogens is 2. The van der Waals surface area contributed by atoms with Crippen LogP contribution in [0.15, 0.2) is 59.4 Å². The predicted octanol–water partition coefficient (Wildman–Crippen LogP) is 3.44. The molecule has 0 aliphatic carbocycles. The van der Waals surface area contributed by atoms with Crippen molar-refractivity contribution in [2.24, 2.45) is 0 Å². The second-order valence-electron chi connectivity index (χ2n) is 6.06. The van der Waals surface area contributed by atoms with Gasteiger partial charge in [-0.3, -0.25) is 14.2 Å². The first kappa shape index (κ1) is 19.6. The molecule has 0 aliphatic rings. The first-order valence-electron chi connectivity index (χ1n) is 8.51. The van der Waals surface area contributed by atoms with Gasteiger partial charge in [-0.1, -0.05) is 54.1 Å². The van der Waals surface area contributed by atoms with Crippen LogP contribution in [0.2, 0.25) is 5.15 Å². The van der Waals surface area contributed by atoms with Gasteiger partial charge in [0.05, 0.1) is 5.69 Å². The zero-order valence-corrected chi connectivity index (χ0v) is 15.5. The standard InChI is InChI=1S/C20H17ClFN3O3/c21-18-17(14-7-4-8-15(22)11-14)25(12-16(26)27)20(28)19(24-18)23-10-9-13-5-2-1-3-6-13/h1-8,11H,9-10,12H2,(H,23,24)(H,26,27). The third-order valence-electron chi connectivity index (χ3n) is 4.06. The Balaban J connectivity index is 1.95. The monoisotopic (exact) mass is 401 g/mol. The molecule has 0 bridgehead atoms. The van der Waals surface area contributed by atoms with Gasteiger partial charge in [0.1, 0.15) is 12.4 Å². The first-order chi connectivity index (χ1) is 13.5. The number of rotatable bonds is 7. The number of carboxylic acids is 1. The molecule has 0 atom stereocenters. The average molecular weight is 402 g/mol. The molecule has 3 rings (SSSR count). The number of carbonyl (C=O) groups is 1. The Hall–Kier alpha value is -3.19. The Morgan fingerprint density at radius 1 is 1.18 bits per heavy atom. The van der Waals surface area contributed by atoms with Crippen molar-refractivity contribution in [1.29, 1.82) is 0 Å². The number of aliphatic carboxylic acids is 1. The van der Waals surface area contributed by atoms with E-state index < -0.39 is 23.9 Å². The minimum absolute atomic E-state index is 0.0534. The molecule has 8 heteroatoms. The van der Waals surface area contributed by atoms with Gasteiger partial charge in [-0.05, 0) is 24.1 Å². The van der Waals surface area contributed by atoms with Gasteiger partial charge >= 0.3 is 5.97 Å². The summed E-state index contributed by atoms with van der Waals surface area (Å²) >= 11 is 6.25. The van der Waals surface area contributed by atoms with E-state index in [-0.39, 0.29) is 22.2 Å². The highest BCUT2D eigenvalue weighted by Gasteiger charge is 2.19. The summed E-state index contributed by atoms with van der Waals surface area (Å²) in [6, 6.07) is 15.0. The maximum Gasteiger partial charge on any atom is 0.323 e. The van der Waals surface area contributed by atoms with Gasteiger partial charge in [0.2, 0.25) is 0 Å². The summed E-state index contributed by atoms with van der Waals surface area (Å²) in [5, 5.41) is 12.0. The highest BCUT2D eigenvalue weighted by molar-refractivity contribution is 6.32. The molecule has 0 spiro atoms. The van der Waals surface area contributed by atoms with Crippen LogP contribution in [0.25, 0.3) is 11.3 Å². The maximum absolute atomic E-state index is 13.6. The van der Waals surface area contributed by atoms with Crippen molar-refractivity contribution in [2.45, 2.75) is 13.0 Å². The first-order valence-corrected chi connectivity index (χ1v) is 8.89. The Morgan fingerprint density at radius 2 is 1.93 bits per heavy atom. The molecule has 1 aromatic heterocycles. The molecule has 0 aliphatic heterocycles. The number of hydrogen-bond acceptors (Lipinski definition) is 4. The lowest BCUT2D eigenvalue weighted by molar-refractivity contribution is -0.137. The van der Waals surface area contributed by atoms with Gasteiger partial charge in [0, 0.05) is 12.1 Å². The third-order valence-corrected chi connectivity index (χ3v) is 4.33. The van der Waals surface area contributed by atoms with E-state index in [1.54, 1.807) is 0 Å². The normalized spacial score (nSPS) is 10.6. The van der Waals surface area contributed by atoms with Gasteiger partial charge in [-0.15, -0.1) is 0 Å². The van der Waals surface area contributed by atoms with Gasteiger partial charge in [0.15, 0.2) is 11.0 Å². The van der Waals surface area contributed by atoms with E-state index in [1.165, 1.54) is 24.3 Å². The maximum atomic E-state index is 13.6. The molecule has 2 N–H and O–H groups in total. The Labute approximate surface area is 165 Å². The number of benzene rings is 2. The minimum Gasteiger partial charge on any atom is -0.480 e. The molecule has 0 radical (unpaired) electrons. The number of nitrogens with one attached hydrogen (secondary N) is 1. The molecule has 0 amide bonds. The molecule has 2 aromatic carbocycles. The van der Waals surface area contributed by atoms with E-state index in [4.69, 9.17) is 11.6 Å². The van der Waals surface area contributed by atoms with E-state index in [0.29, 0.717) is 13.0 Å². The van der Waals surface area contributed by atoms with Crippen LogP contribution in [0.3, 0.4) is 0 Å². The fraction of sp³-hybridized carbons (Fsp3) is 0.150. The predicted molar refractivity (Wildman–Crippen MR) is 105 cm³/mol. The molecule has 0 saturated carbocycles. The Bertz CT molecular complexity index is 1050. The van der Waals surface area contributed by atoms with Crippen molar-refractivity contribution in [3.63, 3.8) is 0 Å². The van der Waals surface area contributed by atoms with Crippen LogP contribution in [0.1, 0.15) is 5.56 Å². The SMILES string of the molecule is O=C(O)Cn1c(-c2cccc(F)c2)c(Cl)nc(NCCc2ccccc2)c1=O. The van der Waals surface area contributed by atoms with Crippen molar-refractivity contribution < 1.29 is 14.3 Å². The summed E-state index contributed by atoms with van der Waals surface area (Å²) in [5.41, 5.74) is 0.760. The fourth-order valence-electron chi connectivity index (χ4n) is 2.82. The van der Waals surface area contributed by atoms with E-state index in [9.17, 15) is 19.1 Å². The molecule has 1 heterocycles. The van der Waals surface area contributed by atoms with Crippen LogP contribution >= 0.6 is 11.6 Å². The number of anilines is 1. The Morgan fingerprint density at radius 3 is 2.61 bits per heavy atom. The summed E-state index contributed by atoms with van der Waals surface area (Å²) in [6.45, 7) is -0.213. The third kappa shape index (κ3) is 4.55. The molecule has 144 valence electrons.